The van der Waals surface area contributed by atoms with Crippen molar-refractivity contribution in [2.45, 2.75) is 19.1 Å². The minimum Gasteiger partial charge on any atom is -0.377 e. The van der Waals surface area contributed by atoms with Gasteiger partial charge in [0.25, 0.3) is 0 Å². The first kappa shape index (κ1) is 9.19. The van der Waals surface area contributed by atoms with Crippen LogP contribution in [0.4, 0.5) is 0 Å². The van der Waals surface area contributed by atoms with Gasteiger partial charge >= 0.3 is 0 Å². The molecule has 0 heterocycles. The van der Waals surface area contributed by atoms with E-state index in [1.165, 1.54) is 5.56 Å². The van der Waals surface area contributed by atoms with E-state index in [4.69, 9.17) is 10.9 Å². The van der Waals surface area contributed by atoms with Crippen LogP contribution in [-0.2, 0) is 6.42 Å². The third kappa shape index (κ3) is 3.00. The lowest BCUT2D eigenvalue weighted by Crippen LogP contribution is -2.34. The number of hydrogen-bond acceptors (Lipinski definition) is 3. The van der Waals surface area contributed by atoms with Gasteiger partial charge in [0.1, 0.15) is 6.23 Å². The monoisotopic (exact) mass is 166 g/mol. The summed E-state index contributed by atoms with van der Waals surface area (Å²) in [5.41, 5.74) is 3.51. The summed E-state index contributed by atoms with van der Waals surface area (Å²) in [5, 5.41) is 9.08. The van der Waals surface area contributed by atoms with E-state index in [9.17, 15) is 0 Å². The maximum atomic E-state index is 9.08. The van der Waals surface area contributed by atoms with Crippen LogP contribution in [0.15, 0.2) is 30.3 Å². The molecule has 4 N–H and O–H groups in total. The highest BCUT2D eigenvalue weighted by atomic mass is 16.3. The number of nitrogens with one attached hydrogen (secondary N) is 1. The van der Waals surface area contributed by atoms with Crippen LogP contribution in [0.5, 0.6) is 0 Å². The number of benzene rings is 1. The fourth-order valence-electron chi connectivity index (χ4n) is 1.03. The Morgan fingerprint density at radius 3 is 2.58 bits per heavy atom. The Kier molecular flexibility index (Phi) is 3.73. The van der Waals surface area contributed by atoms with Gasteiger partial charge in [-0.2, -0.15) is 0 Å². The van der Waals surface area contributed by atoms with Gasteiger partial charge in [-0.15, -0.1) is 0 Å². The first-order valence-corrected chi connectivity index (χ1v) is 4.01. The topological polar surface area (TPSA) is 58.3 Å². The highest BCUT2D eigenvalue weighted by molar-refractivity contribution is 5.14. The van der Waals surface area contributed by atoms with Crippen molar-refractivity contribution in [2.75, 3.05) is 0 Å². The molecule has 0 amide bonds. The Hall–Kier alpha value is -0.900. The Morgan fingerprint density at radius 2 is 2.00 bits per heavy atom. The average molecular weight is 166 g/mol. The fraction of sp³-hybridized carbons (Fsp3) is 0.333. The van der Waals surface area contributed by atoms with Crippen molar-refractivity contribution >= 4 is 0 Å². The Bertz CT molecular complexity index is 213. The van der Waals surface area contributed by atoms with Crippen LogP contribution in [0.3, 0.4) is 0 Å². The van der Waals surface area contributed by atoms with Gasteiger partial charge < -0.3 is 5.11 Å². The van der Waals surface area contributed by atoms with Crippen LogP contribution >= 0.6 is 0 Å². The molecule has 0 aliphatic carbocycles. The third-order valence-electron chi connectivity index (χ3n) is 1.74. The van der Waals surface area contributed by atoms with E-state index in [0.717, 1.165) is 6.42 Å². The molecule has 0 saturated carbocycles. The molecule has 0 aliphatic heterocycles. The van der Waals surface area contributed by atoms with Crippen LogP contribution in [0.1, 0.15) is 12.0 Å². The molecule has 1 unspecified atom stereocenters. The van der Waals surface area contributed by atoms with Crippen LogP contribution in [0.2, 0.25) is 0 Å². The van der Waals surface area contributed by atoms with E-state index in [1.807, 2.05) is 30.3 Å². The average Bonchev–Trinajstić information content (AvgIpc) is 2.16. The van der Waals surface area contributed by atoms with Crippen LogP contribution < -0.4 is 11.3 Å². The van der Waals surface area contributed by atoms with Crippen molar-refractivity contribution in [3.05, 3.63) is 35.9 Å². The second-order valence-corrected chi connectivity index (χ2v) is 2.71. The maximum absolute atomic E-state index is 9.08. The summed E-state index contributed by atoms with van der Waals surface area (Å²) >= 11 is 0. The zero-order chi connectivity index (χ0) is 8.81. The molecule has 0 aliphatic rings. The second kappa shape index (κ2) is 4.87. The zero-order valence-electron chi connectivity index (χ0n) is 6.90. The Labute approximate surface area is 72.2 Å². The van der Waals surface area contributed by atoms with Crippen molar-refractivity contribution < 1.29 is 5.11 Å². The number of aliphatic hydroxyl groups is 1. The standard InChI is InChI=1S/C9H14N2O/c10-11-9(12)7-6-8-4-2-1-3-5-8/h1-5,9,11-12H,6-7,10H2. The van der Waals surface area contributed by atoms with E-state index in [1.54, 1.807) is 0 Å². The molecule has 0 radical (unpaired) electrons. The fourth-order valence-corrected chi connectivity index (χ4v) is 1.03. The van der Waals surface area contributed by atoms with Crippen molar-refractivity contribution in [3.63, 3.8) is 0 Å². The van der Waals surface area contributed by atoms with Gasteiger partial charge in [0, 0.05) is 0 Å². The summed E-state index contributed by atoms with van der Waals surface area (Å²) in [7, 11) is 0. The van der Waals surface area contributed by atoms with Gasteiger partial charge in [-0.3, -0.25) is 5.84 Å². The summed E-state index contributed by atoms with van der Waals surface area (Å²) < 4.78 is 0. The number of rotatable bonds is 4. The van der Waals surface area contributed by atoms with Crippen molar-refractivity contribution in [1.82, 2.24) is 5.43 Å². The van der Waals surface area contributed by atoms with Crippen LogP contribution in [0, 0.1) is 0 Å². The van der Waals surface area contributed by atoms with Crippen molar-refractivity contribution in [2.24, 2.45) is 5.84 Å². The summed E-state index contributed by atoms with van der Waals surface area (Å²) in [4.78, 5) is 0. The predicted molar refractivity (Wildman–Crippen MR) is 48.1 cm³/mol. The smallest absolute Gasteiger partial charge is 0.117 e. The molecule has 0 spiro atoms. The normalized spacial score (nSPS) is 12.8. The molecule has 3 nitrogen and oxygen atoms in total. The molecule has 0 bridgehead atoms. The molecule has 66 valence electrons. The summed E-state index contributed by atoms with van der Waals surface area (Å²) in [6.45, 7) is 0. The van der Waals surface area contributed by atoms with Crippen molar-refractivity contribution in [3.8, 4) is 0 Å². The number of hydrazine groups is 1. The lowest BCUT2D eigenvalue weighted by atomic mass is 10.1. The van der Waals surface area contributed by atoms with Gasteiger partial charge in [0.05, 0.1) is 0 Å². The SMILES string of the molecule is NNC(O)CCc1ccccc1. The molecule has 12 heavy (non-hydrogen) atoms. The number of aliphatic hydroxyl groups excluding tert-OH is 1. The zero-order valence-corrected chi connectivity index (χ0v) is 6.90. The lowest BCUT2D eigenvalue weighted by Gasteiger charge is -2.07. The molecular weight excluding hydrogens is 152 g/mol. The predicted octanol–water partition coefficient (Wildman–Crippen LogP) is 0.401. The second-order valence-electron chi connectivity index (χ2n) is 2.71. The van der Waals surface area contributed by atoms with E-state index in [0.29, 0.717) is 6.42 Å². The molecule has 0 aromatic heterocycles. The van der Waals surface area contributed by atoms with Gasteiger partial charge in [-0.1, -0.05) is 30.3 Å². The number of hydrogen-bond donors (Lipinski definition) is 3. The Morgan fingerprint density at radius 1 is 1.33 bits per heavy atom. The van der Waals surface area contributed by atoms with Crippen molar-refractivity contribution in [1.29, 1.82) is 0 Å². The van der Waals surface area contributed by atoms with E-state index < -0.39 is 6.23 Å². The molecule has 1 atom stereocenters. The highest BCUT2D eigenvalue weighted by Crippen LogP contribution is 2.02. The maximum Gasteiger partial charge on any atom is 0.117 e. The molecule has 0 fully saturated rings. The van der Waals surface area contributed by atoms with Gasteiger partial charge in [0.2, 0.25) is 0 Å². The van der Waals surface area contributed by atoms with E-state index in [-0.39, 0.29) is 0 Å². The summed E-state index contributed by atoms with van der Waals surface area (Å²) in [6.07, 6.45) is 0.873. The molecule has 1 aromatic rings. The first-order chi connectivity index (χ1) is 5.83. The van der Waals surface area contributed by atoms with Crippen LogP contribution in [0.25, 0.3) is 0 Å². The highest BCUT2D eigenvalue weighted by Gasteiger charge is 1.99. The third-order valence-corrected chi connectivity index (χ3v) is 1.74. The quantitative estimate of drug-likeness (QED) is 0.345. The molecule has 1 rings (SSSR count). The minimum atomic E-state index is -0.606. The van der Waals surface area contributed by atoms with E-state index in [2.05, 4.69) is 5.43 Å². The molecular formula is C9H14N2O. The van der Waals surface area contributed by atoms with E-state index >= 15 is 0 Å². The largest absolute Gasteiger partial charge is 0.377 e. The number of aryl methyl sites for hydroxylation is 1. The minimum absolute atomic E-state index is 0.606. The van der Waals surface area contributed by atoms with Crippen LogP contribution in [-0.4, -0.2) is 11.3 Å². The van der Waals surface area contributed by atoms with Gasteiger partial charge in [-0.25, -0.2) is 5.43 Å². The number of nitrogens with two attached hydrogens (primary N) is 1. The Balaban J connectivity index is 2.33. The lowest BCUT2D eigenvalue weighted by molar-refractivity contribution is 0.129. The van der Waals surface area contributed by atoms with Gasteiger partial charge in [0.15, 0.2) is 0 Å². The summed E-state index contributed by atoms with van der Waals surface area (Å²) in [6, 6.07) is 10.0. The first-order valence-electron chi connectivity index (χ1n) is 4.01. The summed E-state index contributed by atoms with van der Waals surface area (Å²) in [5.74, 6) is 5.04. The molecule has 1 aromatic carbocycles. The molecule has 3 heteroatoms. The van der Waals surface area contributed by atoms with Gasteiger partial charge in [-0.05, 0) is 18.4 Å². The molecule has 0 saturated heterocycles.